The topological polar surface area (TPSA) is 64.3 Å². The lowest BCUT2D eigenvalue weighted by Gasteiger charge is -2.35. The van der Waals surface area contributed by atoms with E-state index in [0.717, 1.165) is 31.4 Å². The number of carboxylic acid groups (broad SMARTS) is 1. The zero-order chi connectivity index (χ0) is 15.2. The van der Waals surface area contributed by atoms with Crippen LogP contribution in [0.25, 0.3) is 0 Å². The Kier molecular flexibility index (Phi) is 5.29. The predicted octanol–water partition coefficient (Wildman–Crippen LogP) is 2.92. The first-order valence-corrected chi connectivity index (χ1v) is 7.24. The first kappa shape index (κ1) is 15.5. The maximum atomic E-state index is 13.5. The maximum absolute atomic E-state index is 13.5. The average molecular weight is 290 g/mol. The normalized spacial score (nSPS) is 19.1. The summed E-state index contributed by atoms with van der Waals surface area (Å²) in [4.78, 5) is 12.9. The number of aliphatic carboxylic acids is 1. The van der Waals surface area contributed by atoms with Gasteiger partial charge in [-0.3, -0.25) is 9.69 Å². The smallest absolute Gasteiger partial charge is 0.303 e. The molecule has 0 saturated carbocycles. The van der Waals surface area contributed by atoms with E-state index in [-0.39, 0.29) is 12.5 Å². The number of piperidine rings is 1. The molecule has 0 bridgehead atoms. The second-order valence-corrected chi connectivity index (χ2v) is 5.51. The fraction of sp³-hybridized carbons (Fsp3) is 0.500. The minimum absolute atomic E-state index is 0.160. The van der Waals surface area contributed by atoms with E-state index >= 15 is 0 Å². The number of hydrogen-bond acceptors (Lipinski definition) is 3. The van der Waals surface area contributed by atoms with Crippen molar-refractivity contribution in [2.45, 2.75) is 44.7 Å². The summed E-state index contributed by atoms with van der Waals surface area (Å²) in [5.41, 5.74) is 1.10. The quantitative estimate of drug-likeness (QED) is 0.905. The Morgan fingerprint density at radius 3 is 2.95 bits per heavy atom. The molecule has 1 saturated heterocycles. The van der Waals surface area contributed by atoms with Gasteiger partial charge in [-0.1, -0.05) is 6.42 Å². The van der Waals surface area contributed by atoms with E-state index in [4.69, 9.17) is 10.4 Å². The van der Waals surface area contributed by atoms with Crippen LogP contribution in [0.5, 0.6) is 0 Å². The minimum atomic E-state index is -0.780. The van der Waals surface area contributed by atoms with Crippen LogP contribution in [-0.4, -0.2) is 28.6 Å². The van der Waals surface area contributed by atoms with E-state index in [0.29, 0.717) is 18.5 Å². The highest BCUT2D eigenvalue weighted by atomic mass is 19.1. The van der Waals surface area contributed by atoms with Gasteiger partial charge in [0.15, 0.2) is 0 Å². The summed E-state index contributed by atoms with van der Waals surface area (Å²) < 4.78 is 13.5. The molecular weight excluding hydrogens is 271 g/mol. The third-order valence-corrected chi connectivity index (χ3v) is 3.91. The molecule has 0 amide bonds. The second-order valence-electron chi connectivity index (χ2n) is 5.51. The van der Waals surface area contributed by atoms with Gasteiger partial charge < -0.3 is 5.11 Å². The molecule has 1 unspecified atom stereocenters. The molecule has 0 radical (unpaired) electrons. The van der Waals surface area contributed by atoms with E-state index in [1.165, 1.54) is 12.1 Å². The van der Waals surface area contributed by atoms with Crippen molar-refractivity contribution in [2.75, 3.05) is 6.54 Å². The lowest BCUT2D eigenvalue weighted by atomic mass is 9.97. The first-order chi connectivity index (χ1) is 10.1. The van der Waals surface area contributed by atoms with E-state index in [1.54, 1.807) is 6.07 Å². The Labute approximate surface area is 123 Å². The molecule has 112 valence electrons. The van der Waals surface area contributed by atoms with Crippen molar-refractivity contribution in [1.29, 1.82) is 5.26 Å². The summed E-state index contributed by atoms with van der Waals surface area (Å²) in [5, 5.41) is 17.7. The van der Waals surface area contributed by atoms with Gasteiger partial charge in [0.25, 0.3) is 0 Å². The highest BCUT2D eigenvalue weighted by Crippen LogP contribution is 2.23. The van der Waals surface area contributed by atoms with Crippen LogP contribution in [-0.2, 0) is 11.3 Å². The lowest BCUT2D eigenvalue weighted by Crippen LogP contribution is -2.39. The number of benzene rings is 1. The van der Waals surface area contributed by atoms with Crippen LogP contribution in [0.2, 0.25) is 0 Å². The zero-order valence-corrected chi connectivity index (χ0v) is 11.9. The molecule has 21 heavy (non-hydrogen) atoms. The van der Waals surface area contributed by atoms with Crippen LogP contribution < -0.4 is 0 Å². The van der Waals surface area contributed by atoms with Gasteiger partial charge in [0, 0.05) is 19.0 Å². The Hall–Kier alpha value is -1.93. The standard InChI is InChI=1S/C16H19FN2O2/c17-14-8-12(10-18)7-13(9-14)11-19-6-2-1-3-15(19)4-5-16(20)21/h7-9,15H,1-6,11H2,(H,20,21). The van der Waals surface area contributed by atoms with E-state index in [1.807, 2.05) is 6.07 Å². The van der Waals surface area contributed by atoms with Gasteiger partial charge in [-0.2, -0.15) is 5.26 Å². The molecule has 0 spiro atoms. The number of hydrogen-bond donors (Lipinski definition) is 1. The van der Waals surface area contributed by atoms with Crippen LogP contribution >= 0.6 is 0 Å². The van der Waals surface area contributed by atoms with Crippen molar-refractivity contribution < 1.29 is 14.3 Å². The molecule has 0 aromatic heterocycles. The van der Waals surface area contributed by atoms with Crippen molar-refractivity contribution in [3.05, 3.63) is 35.1 Å². The number of nitrogens with zero attached hydrogens (tertiary/aromatic N) is 2. The largest absolute Gasteiger partial charge is 0.481 e. The average Bonchev–Trinajstić information content (AvgIpc) is 2.45. The second kappa shape index (κ2) is 7.19. The molecule has 2 rings (SSSR count). The summed E-state index contributed by atoms with van der Waals surface area (Å²) in [6, 6.07) is 6.56. The molecule has 1 atom stereocenters. The van der Waals surface area contributed by atoms with E-state index in [9.17, 15) is 9.18 Å². The van der Waals surface area contributed by atoms with Crippen LogP contribution in [0.4, 0.5) is 4.39 Å². The Bertz CT molecular complexity index is 554. The van der Waals surface area contributed by atoms with Gasteiger partial charge in [-0.05, 0) is 49.6 Å². The summed E-state index contributed by atoms with van der Waals surface area (Å²) in [6.45, 7) is 1.46. The summed E-state index contributed by atoms with van der Waals surface area (Å²) >= 11 is 0. The van der Waals surface area contributed by atoms with E-state index < -0.39 is 11.8 Å². The monoisotopic (exact) mass is 290 g/mol. The van der Waals surface area contributed by atoms with Crippen LogP contribution in [0.1, 0.15) is 43.2 Å². The first-order valence-electron chi connectivity index (χ1n) is 7.24. The van der Waals surface area contributed by atoms with Crippen molar-refractivity contribution in [2.24, 2.45) is 0 Å². The van der Waals surface area contributed by atoms with Crippen molar-refractivity contribution in [1.82, 2.24) is 4.90 Å². The third kappa shape index (κ3) is 4.54. The summed E-state index contributed by atoms with van der Waals surface area (Å²) in [7, 11) is 0. The Morgan fingerprint density at radius 1 is 1.43 bits per heavy atom. The van der Waals surface area contributed by atoms with Gasteiger partial charge >= 0.3 is 5.97 Å². The van der Waals surface area contributed by atoms with Gasteiger partial charge in [-0.25, -0.2) is 4.39 Å². The van der Waals surface area contributed by atoms with Gasteiger partial charge in [-0.15, -0.1) is 0 Å². The highest BCUT2D eigenvalue weighted by molar-refractivity contribution is 5.66. The molecule has 1 heterocycles. The molecule has 1 fully saturated rings. The fourth-order valence-corrected chi connectivity index (χ4v) is 2.93. The lowest BCUT2D eigenvalue weighted by molar-refractivity contribution is -0.137. The number of carbonyl (C=O) groups is 1. The minimum Gasteiger partial charge on any atom is -0.481 e. The third-order valence-electron chi connectivity index (χ3n) is 3.91. The van der Waals surface area contributed by atoms with Crippen LogP contribution in [0, 0.1) is 17.1 Å². The molecule has 1 N–H and O–H groups in total. The van der Waals surface area contributed by atoms with Crippen molar-refractivity contribution in [3.8, 4) is 6.07 Å². The maximum Gasteiger partial charge on any atom is 0.303 e. The molecule has 1 aliphatic rings. The van der Waals surface area contributed by atoms with Gasteiger partial charge in [0.2, 0.25) is 0 Å². The predicted molar refractivity (Wildman–Crippen MR) is 76.0 cm³/mol. The number of nitriles is 1. The Morgan fingerprint density at radius 2 is 2.24 bits per heavy atom. The van der Waals surface area contributed by atoms with Crippen LogP contribution in [0.3, 0.4) is 0 Å². The van der Waals surface area contributed by atoms with E-state index in [2.05, 4.69) is 4.90 Å². The highest BCUT2D eigenvalue weighted by Gasteiger charge is 2.23. The summed E-state index contributed by atoms with van der Waals surface area (Å²) in [6.07, 6.45) is 3.94. The molecule has 1 aromatic rings. The number of carboxylic acids is 1. The molecule has 1 aliphatic heterocycles. The number of likely N-dealkylation sites (tertiary alicyclic amines) is 1. The Balaban J connectivity index is 2.06. The molecule has 1 aromatic carbocycles. The zero-order valence-electron chi connectivity index (χ0n) is 11.9. The molecular formula is C16H19FN2O2. The molecule has 0 aliphatic carbocycles. The summed E-state index contributed by atoms with van der Waals surface area (Å²) in [5.74, 6) is -1.18. The van der Waals surface area contributed by atoms with Crippen LogP contribution in [0.15, 0.2) is 18.2 Å². The van der Waals surface area contributed by atoms with Crippen molar-refractivity contribution >= 4 is 5.97 Å². The molecule has 5 heteroatoms. The SMILES string of the molecule is N#Cc1cc(F)cc(CN2CCCCC2CCC(=O)O)c1. The molecule has 4 nitrogen and oxygen atoms in total. The van der Waals surface area contributed by atoms with Gasteiger partial charge in [0.1, 0.15) is 5.82 Å². The van der Waals surface area contributed by atoms with Gasteiger partial charge in [0.05, 0.1) is 11.6 Å². The number of halogens is 1. The fourth-order valence-electron chi connectivity index (χ4n) is 2.93. The number of rotatable bonds is 5. The van der Waals surface area contributed by atoms with Crippen molar-refractivity contribution in [3.63, 3.8) is 0 Å².